The van der Waals surface area contributed by atoms with Gasteiger partial charge in [0.15, 0.2) is 0 Å². The normalized spacial score (nSPS) is 43.5. The van der Waals surface area contributed by atoms with Crippen LogP contribution in [0.2, 0.25) is 0 Å². The van der Waals surface area contributed by atoms with Crippen LogP contribution in [0, 0.1) is 28.6 Å². The van der Waals surface area contributed by atoms with E-state index in [0.29, 0.717) is 30.0 Å². The topological polar surface area (TPSA) is 47.8 Å². The Balaban J connectivity index is 1.22. The van der Waals surface area contributed by atoms with Crippen molar-refractivity contribution in [3.05, 3.63) is 11.6 Å². The van der Waals surface area contributed by atoms with Crippen LogP contribution in [0.4, 0.5) is 0 Å². The van der Waals surface area contributed by atoms with Crippen LogP contribution in [-0.2, 0) is 14.3 Å². The molecular weight excluding hydrogens is 374 g/mol. The summed E-state index contributed by atoms with van der Waals surface area (Å²) in [6, 6.07) is 0. The van der Waals surface area contributed by atoms with Crippen molar-refractivity contribution in [3.63, 3.8) is 0 Å². The van der Waals surface area contributed by atoms with Gasteiger partial charge in [-0.25, -0.2) is 0 Å². The zero-order valence-electron chi connectivity index (χ0n) is 19.0. The van der Waals surface area contributed by atoms with Crippen molar-refractivity contribution in [1.82, 2.24) is 0 Å². The molecule has 6 atom stereocenters. The maximum absolute atomic E-state index is 12.6. The van der Waals surface area contributed by atoms with Crippen LogP contribution in [0.3, 0.4) is 0 Å². The second-order valence-corrected chi connectivity index (χ2v) is 11.5. The highest BCUT2D eigenvalue weighted by atomic mass is 16.5. The maximum atomic E-state index is 12.6. The van der Waals surface area contributed by atoms with Crippen LogP contribution in [-0.4, -0.2) is 37.5 Å². The summed E-state index contributed by atoms with van der Waals surface area (Å²) >= 11 is 0. The first kappa shape index (κ1) is 20.7. The molecule has 4 fully saturated rings. The van der Waals surface area contributed by atoms with E-state index in [1.165, 1.54) is 32.4 Å². The summed E-state index contributed by atoms with van der Waals surface area (Å²) in [6.07, 6.45) is 14.1. The van der Waals surface area contributed by atoms with E-state index >= 15 is 0 Å². The van der Waals surface area contributed by atoms with Gasteiger partial charge in [-0.15, -0.1) is 0 Å². The summed E-state index contributed by atoms with van der Waals surface area (Å²) in [5.41, 5.74) is 1.75. The molecule has 1 heterocycles. The Kier molecular flexibility index (Phi) is 5.36. The van der Waals surface area contributed by atoms with Crippen LogP contribution in [0.5, 0.6) is 0 Å². The number of likely N-dealkylation sites (tertiary alicyclic amines) is 1. The summed E-state index contributed by atoms with van der Waals surface area (Å²) in [4.78, 5) is 26.6. The summed E-state index contributed by atoms with van der Waals surface area (Å²) in [7, 11) is 0. The highest BCUT2D eigenvalue weighted by Crippen LogP contribution is 2.64. The molecule has 0 aromatic rings. The lowest BCUT2D eigenvalue weighted by Crippen LogP contribution is -3.10. The quantitative estimate of drug-likeness (QED) is 0.566. The van der Waals surface area contributed by atoms with Gasteiger partial charge >= 0.3 is 5.97 Å². The van der Waals surface area contributed by atoms with E-state index in [9.17, 15) is 9.59 Å². The first-order valence-electron chi connectivity index (χ1n) is 12.7. The predicted molar refractivity (Wildman–Crippen MR) is 116 cm³/mol. The monoisotopic (exact) mass is 414 g/mol. The Morgan fingerprint density at radius 2 is 1.83 bits per heavy atom. The maximum Gasteiger partial charge on any atom is 0.311 e. The average molecular weight is 415 g/mol. The second kappa shape index (κ2) is 7.76. The fraction of sp³-hybridized carbons (Fsp3) is 0.846. The number of hydrogen-bond donors (Lipinski definition) is 1. The number of carbonyl (C=O) groups excluding carboxylic acids is 2. The molecule has 0 bridgehead atoms. The van der Waals surface area contributed by atoms with Gasteiger partial charge in [-0.2, -0.15) is 0 Å². The lowest BCUT2D eigenvalue weighted by atomic mass is 9.48. The molecule has 1 saturated heterocycles. The molecule has 0 aromatic carbocycles. The number of nitrogens with one attached hydrogen (secondary N) is 1. The first-order chi connectivity index (χ1) is 14.4. The molecule has 30 heavy (non-hydrogen) atoms. The van der Waals surface area contributed by atoms with E-state index in [0.717, 1.165) is 51.5 Å². The third kappa shape index (κ3) is 3.38. The van der Waals surface area contributed by atoms with Crippen LogP contribution >= 0.6 is 0 Å². The van der Waals surface area contributed by atoms with Gasteiger partial charge in [-0.05, 0) is 61.7 Å². The SMILES string of the molecule is C[C@]12CC[C@H](OC(=O)CC[NH+]3CCCC3)CC1=CC[C@@H]1[C@@H]2CC[C@]2(C)C(=O)CC[C@@H]12. The van der Waals surface area contributed by atoms with E-state index in [1.54, 1.807) is 10.5 Å². The Hall–Kier alpha value is -1.16. The van der Waals surface area contributed by atoms with Gasteiger partial charge in [0.2, 0.25) is 0 Å². The van der Waals surface area contributed by atoms with Gasteiger partial charge in [-0.3, -0.25) is 9.59 Å². The van der Waals surface area contributed by atoms with Gasteiger partial charge in [0.1, 0.15) is 11.9 Å². The van der Waals surface area contributed by atoms with Crippen LogP contribution in [0.1, 0.15) is 84.5 Å². The largest absolute Gasteiger partial charge is 0.462 e. The molecule has 5 aliphatic rings. The molecule has 0 spiro atoms. The van der Waals surface area contributed by atoms with Crippen molar-refractivity contribution in [2.45, 2.75) is 90.6 Å². The molecule has 4 nitrogen and oxygen atoms in total. The van der Waals surface area contributed by atoms with Crippen molar-refractivity contribution in [1.29, 1.82) is 0 Å². The van der Waals surface area contributed by atoms with E-state index in [-0.39, 0.29) is 22.9 Å². The molecule has 4 heteroatoms. The molecule has 0 aromatic heterocycles. The minimum absolute atomic E-state index is 0.00944. The molecule has 4 aliphatic carbocycles. The third-order valence-electron chi connectivity index (χ3n) is 10.1. The number of esters is 1. The van der Waals surface area contributed by atoms with Crippen LogP contribution < -0.4 is 4.90 Å². The summed E-state index contributed by atoms with van der Waals surface area (Å²) < 4.78 is 5.94. The number of Topliss-reactive ketones (excluding diaryl/α,β-unsaturated/α-hetero) is 1. The van der Waals surface area contributed by atoms with Gasteiger partial charge in [-0.1, -0.05) is 25.5 Å². The Bertz CT molecular complexity index is 739. The average Bonchev–Trinajstić information content (AvgIpc) is 3.35. The molecular formula is C26H40NO3+. The van der Waals surface area contributed by atoms with Crippen molar-refractivity contribution in [2.24, 2.45) is 28.6 Å². The lowest BCUT2D eigenvalue weighted by Gasteiger charge is -2.56. The standard InChI is InChI=1S/C26H39NO3/c1-25-12-9-19(30-24(29)11-16-27-14-3-4-15-27)17-18(25)5-6-20-21-7-8-23(28)26(21,2)13-10-22(20)25/h5,19-22H,3-4,6-17H2,1-2H3/p+1/t19-,20-,21-,22-,25-,26-/m0/s1. The number of rotatable bonds is 4. The molecule has 3 saturated carbocycles. The minimum atomic E-state index is -0.0487. The molecule has 0 unspecified atom stereocenters. The van der Waals surface area contributed by atoms with Gasteiger partial charge < -0.3 is 9.64 Å². The van der Waals surface area contributed by atoms with Crippen molar-refractivity contribution >= 4 is 11.8 Å². The predicted octanol–water partition coefficient (Wildman–Crippen LogP) is 3.50. The van der Waals surface area contributed by atoms with Gasteiger partial charge in [0.05, 0.1) is 26.1 Å². The van der Waals surface area contributed by atoms with Crippen LogP contribution in [0.25, 0.3) is 0 Å². The number of hydrogen-bond acceptors (Lipinski definition) is 3. The van der Waals surface area contributed by atoms with E-state index in [2.05, 4.69) is 19.9 Å². The summed E-state index contributed by atoms with van der Waals surface area (Å²) in [5, 5.41) is 0. The minimum Gasteiger partial charge on any atom is -0.462 e. The molecule has 5 rings (SSSR count). The van der Waals surface area contributed by atoms with Crippen molar-refractivity contribution < 1.29 is 19.2 Å². The Morgan fingerprint density at radius 3 is 2.63 bits per heavy atom. The van der Waals surface area contributed by atoms with Crippen molar-refractivity contribution in [3.8, 4) is 0 Å². The van der Waals surface area contributed by atoms with E-state index in [1.807, 2.05) is 0 Å². The molecule has 1 N–H and O–H groups in total. The number of quaternary nitrogens is 1. The fourth-order valence-electron chi connectivity index (χ4n) is 8.15. The van der Waals surface area contributed by atoms with Crippen molar-refractivity contribution in [2.75, 3.05) is 19.6 Å². The van der Waals surface area contributed by atoms with Gasteiger partial charge in [0, 0.05) is 31.1 Å². The summed E-state index contributed by atoms with van der Waals surface area (Å²) in [6.45, 7) is 8.11. The lowest BCUT2D eigenvalue weighted by molar-refractivity contribution is -0.886. The number of allylic oxidation sites excluding steroid dienone is 1. The number of ketones is 1. The molecule has 166 valence electrons. The number of carbonyl (C=O) groups is 2. The fourth-order valence-corrected chi connectivity index (χ4v) is 8.15. The zero-order valence-corrected chi connectivity index (χ0v) is 19.0. The summed E-state index contributed by atoms with van der Waals surface area (Å²) in [5.74, 6) is 2.50. The number of fused-ring (bicyclic) bond motifs is 5. The Labute approximate surface area is 181 Å². The molecule has 0 amide bonds. The second-order valence-electron chi connectivity index (χ2n) is 11.5. The smallest absolute Gasteiger partial charge is 0.311 e. The van der Waals surface area contributed by atoms with Crippen LogP contribution in [0.15, 0.2) is 11.6 Å². The van der Waals surface area contributed by atoms with E-state index in [4.69, 9.17) is 4.74 Å². The first-order valence-corrected chi connectivity index (χ1v) is 12.7. The van der Waals surface area contributed by atoms with E-state index < -0.39 is 0 Å². The number of ether oxygens (including phenoxy) is 1. The highest BCUT2D eigenvalue weighted by molar-refractivity contribution is 5.87. The molecule has 1 aliphatic heterocycles. The Morgan fingerprint density at radius 1 is 1.10 bits per heavy atom. The third-order valence-corrected chi connectivity index (χ3v) is 10.1. The zero-order chi connectivity index (χ0) is 20.9. The molecule has 0 radical (unpaired) electrons. The van der Waals surface area contributed by atoms with Gasteiger partial charge in [0.25, 0.3) is 0 Å². The highest BCUT2D eigenvalue weighted by Gasteiger charge is 2.58.